The van der Waals surface area contributed by atoms with Gasteiger partial charge in [-0.15, -0.1) is 11.3 Å². The quantitative estimate of drug-likeness (QED) is 0.333. The van der Waals surface area contributed by atoms with Gasteiger partial charge in [0.1, 0.15) is 17.2 Å². The predicted molar refractivity (Wildman–Crippen MR) is 117 cm³/mol. The van der Waals surface area contributed by atoms with E-state index in [-0.39, 0.29) is 5.91 Å². The Balaban J connectivity index is 1.60. The zero-order valence-corrected chi connectivity index (χ0v) is 16.3. The lowest BCUT2D eigenvalue weighted by Gasteiger charge is -2.10. The van der Waals surface area contributed by atoms with Crippen molar-refractivity contribution in [3.05, 3.63) is 118 Å². The maximum absolute atomic E-state index is 12.9. The topological polar surface area (TPSA) is 50.7 Å². The summed E-state index contributed by atoms with van der Waals surface area (Å²) >= 11 is 1.57. The van der Waals surface area contributed by atoms with Crippen molar-refractivity contribution in [1.29, 1.82) is 0 Å². The first-order valence-electron chi connectivity index (χ1n) is 9.10. The molecule has 0 bridgehead atoms. The Morgan fingerprint density at radius 2 is 1.48 bits per heavy atom. The molecular weight excluding hydrogens is 380 g/mol. The standard InChI is InChI=1S/C24H18N2O2S/c27-24(20-14-7-8-15-21(20)28-19-12-5-2-6-13-19)26-25-23(22-16-9-17-29-22)18-10-3-1-4-11-18/h1-17H,(H,26,27)/b25-23-. The van der Waals surface area contributed by atoms with E-state index < -0.39 is 0 Å². The third-order valence-corrected chi connectivity index (χ3v) is 5.05. The minimum Gasteiger partial charge on any atom is -0.457 e. The van der Waals surface area contributed by atoms with Crippen LogP contribution in [0, 0.1) is 0 Å². The molecule has 0 saturated carbocycles. The van der Waals surface area contributed by atoms with Gasteiger partial charge in [0.2, 0.25) is 0 Å². The van der Waals surface area contributed by atoms with Gasteiger partial charge in [0.05, 0.1) is 10.4 Å². The molecule has 1 amide bonds. The second-order valence-electron chi connectivity index (χ2n) is 6.16. The summed E-state index contributed by atoms with van der Waals surface area (Å²) in [7, 11) is 0. The summed E-state index contributed by atoms with van der Waals surface area (Å²) in [6, 6.07) is 30.2. The Hall–Kier alpha value is -3.70. The highest BCUT2D eigenvalue weighted by Crippen LogP contribution is 2.25. The van der Waals surface area contributed by atoms with E-state index >= 15 is 0 Å². The lowest BCUT2D eigenvalue weighted by molar-refractivity contribution is 0.0952. The normalized spacial score (nSPS) is 11.1. The number of ether oxygens (including phenoxy) is 1. The van der Waals surface area contributed by atoms with Gasteiger partial charge in [-0.2, -0.15) is 5.10 Å². The number of hydrazone groups is 1. The lowest BCUT2D eigenvalue weighted by atomic mass is 10.1. The number of para-hydroxylation sites is 2. The van der Waals surface area contributed by atoms with E-state index in [9.17, 15) is 4.79 Å². The molecule has 0 unspecified atom stereocenters. The van der Waals surface area contributed by atoms with Crippen LogP contribution in [-0.4, -0.2) is 11.6 Å². The van der Waals surface area contributed by atoms with E-state index in [1.807, 2.05) is 84.2 Å². The van der Waals surface area contributed by atoms with Gasteiger partial charge < -0.3 is 4.74 Å². The molecule has 0 aliphatic carbocycles. The number of benzene rings is 3. The summed E-state index contributed by atoms with van der Waals surface area (Å²) in [6.07, 6.45) is 0. The fourth-order valence-corrected chi connectivity index (χ4v) is 3.53. The van der Waals surface area contributed by atoms with Gasteiger partial charge in [-0.05, 0) is 35.7 Å². The molecule has 0 radical (unpaired) electrons. The maximum Gasteiger partial charge on any atom is 0.275 e. The van der Waals surface area contributed by atoms with Gasteiger partial charge in [0.15, 0.2) is 0 Å². The van der Waals surface area contributed by atoms with Crippen LogP contribution in [0.2, 0.25) is 0 Å². The molecule has 0 atom stereocenters. The second-order valence-corrected chi connectivity index (χ2v) is 7.10. The van der Waals surface area contributed by atoms with Crippen molar-refractivity contribution in [2.75, 3.05) is 0 Å². The monoisotopic (exact) mass is 398 g/mol. The van der Waals surface area contributed by atoms with Crippen LogP contribution in [0.1, 0.15) is 20.8 Å². The Morgan fingerprint density at radius 3 is 2.21 bits per heavy atom. The Morgan fingerprint density at radius 1 is 0.793 bits per heavy atom. The number of hydrogen-bond acceptors (Lipinski definition) is 4. The minimum atomic E-state index is -0.332. The van der Waals surface area contributed by atoms with Crippen molar-refractivity contribution >= 4 is 23.0 Å². The van der Waals surface area contributed by atoms with Gasteiger partial charge in [0.25, 0.3) is 5.91 Å². The molecule has 4 nitrogen and oxygen atoms in total. The molecule has 142 valence electrons. The van der Waals surface area contributed by atoms with Crippen LogP contribution < -0.4 is 10.2 Å². The summed E-state index contributed by atoms with van der Waals surface area (Å²) in [4.78, 5) is 13.8. The number of nitrogens with one attached hydrogen (secondary N) is 1. The molecule has 4 rings (SSSR count). The summed E-state index contributed by atoms with van der Waals surface area (Å²) in [6.45, 7) is 0. The molecule has 1 N–H and O–H groups in total. The molecule has 0 fully saturated rings. The van der Waals surface area contributed by atoms with E-state index in [0.717, 1.165) is 16.2 Å². The average Bonchev–Trinajstić information content (AvgIpc) is 3.30. The van der Waals surface area contributed by atoms with Gasteiger partial charge in [-0.1, -0.05) is 66.7 Å². The van der Waals surface area contributed by atoms with E-state index in [1.165, 1.54) is 0 Å². The Kier molecular flexibility index (Phi) is 5.78. The molecule has 0 spiro atoms. The molecule has 29 heavy (non-hydrogen) atoms. The fourth-order valence-electron chi connectivity index (χ4n) is 2.80. The van der Waals surface area contributed by atoms with Crippen LogP contribution in [-0.2, 0) is 0 Å². The summed E-state index contributed by atoms with van der Waals surface area (Å²) < 4.78 is 5.89. The number of amides is 1. The van der Waals surface area contributed by atoms with Crippen molar-refractivity contribution in [3.63, 3.8) is 0 Å². The van der Waals surface area contributed by atoms with E-state index in [2.05, 4.69) is 10.5 Å². The molecule has 0 aliphatic heterocycles. The summed E-state index contributed by atoms with van der Waals surface area (Å²) in [5.74, 6) is 0.810. The fraction of sp³-hybridized carbons (Fsp3) is 0. The van der Waals surface area contributed by atoms with Crippen molar-refractivity contribution in [2.45, 2.75) is 0 Å². The predicted octanol–water partition coefficient (Wildman–Crippen LogP) is 5.72. The minimum absolute atomic E-state index is 0.332. The highest BCUT2D eigenvalue weighted by molar-refractivity contribution is 7.12. The van der Waals surface area contributed by atoms with Crippen molar-refractivity contribution < 1.29 is 9.53 Å². The Bertz CT molecular complexity index is 1110. The first-order valence-corrected chi connectivity index (χ1v) is 9.98. The van der Waals surface area contributed by atoms with Crippen molar-refractivity contribution in [2.24, 2.45) is 5.10 Å². The number of rotatable bonds is 6. The largest absolute Gasteiger partial charge is 0.457 e. The third-order valence-electron chi connectivity index (χ3n) is 4.17. The van der Waals surface area contributed by atoms with Gasteiger partial charge in [-0.3, -0.25) is 4.79 Å². The third kappa shape index (κ3) is 4.59. The smallest absolute Gasteiger partial charge is 0.275 e. The van der Waals surface area contributed by atoms with Gasteiger partial charge >= 0.3 is 0 Å². The molecule has 3 aromatic carbocycles. The molecule has 0 saturated heterocycles. The second kappa shape index (κ2) is 8.99. The van der Waals surface area contributed by atoms with E-state index in [4.69, 9.17) is 4.74 Å². The number of nitrogens with zero attached hydrogens (tertiary/aromatic N) is 1. The molecule has 5 heteroatoms. The SMILES string of the molecule is O=C(N/N=C(/c1ccccc1)c1cccs1)c1ccccc1Oc1ccccc1. The maximum atomic E-state index is 12.9. The zero-order chi connectivity index (χ0) is 19.9. The lowest BCUT2D eigenvalue weighted by Crippen LogP contribution is -2.20. The van der Waals surface area contributed by atoms with Crippen molar-refractivity contribution in [3.8, 4) is 11.5 Å². The number of thiophene rings is 1. The summed E-state index contributed by atoms with van der Waals surface area (Å²) in [5.41, 5.74) is 4.76. The number of carbonyl (C=O) groups excluding carboxylic acids is 1. The van der Waals surface area contributed by atoms with Crippen LogP contribution in [0.25, 0.3) is 0 Å². The molecule has 1 aromatic heterocycles. The zero-order valence-electron chi connectivity index (χ0n) is 15.5. The van der Waals surface area contributed by atoms with Crippen LogP contribution in [0.4, 0.5) is 0 Å². The first-order chi connectivity index (χ1) is 14.3. The first kappa shape index (κ1) is 18.7. The van der Waals surface area contributed by atoms with Crippen LogP contribution in [0.3, 0.4) is 0 Å². The van der Waals surface area contributed by atoms with Crippen molar-refractivity contribution in [1.82, 2.24) is 5.43 Å². The molecule has 0 aliphatic rings. The van der Waals surface area contributed by atoms with E-state index in [1.54, 1.807) is 29.5 Å². The van der Waals surface area contributed by atoms with Gasteiger partial charge in [0, 0.05) is 5.56 Å². The number of carbonyl (C=O) groups is 1. The number of hydrogen-bond donors (Lipinski definition) is 1. The van der Waals surface area contributed by atoms with Crippen LogP contribution >= 0.6 is 11.3 Å². The highest BCUT2D eigenvalue weighted by atomic mass is 32.1. The average molecular weight is 398 g/mol. The van der Waals surface area contributed by atoms with Crippen LogP contribution in [0.15, 0.2) is 108 Å². The Labute approximate surface area is 173 Å². The van der Waals surface area contributed by atoms with E-state index in [0.29, 0.717) is 17.1 Å². The summed E-state index contributed by atoms with van der Waals surface area (Å²) in [5, 5.41) is 6.42. The molecule has 4 aromatic rings. The molecule has 1 heterocycles. The highest BCUT2D eigenvalue weighted by Gasteiger charge is 2.14. The van der Waals surface area contributed by atoms with Crippen LogP contribution in [0.5, 0.6) is 11.5 Å². The molecular formula is C24H18N2O2S. The van der Waals surface area contributed by atoms with Gasteiger partial charge in [-0.25, -0.2) is 5.43 Å².